The highest BCUT2D eigenvalue weighted by Crippen LogP contribution is 2.32. The summed E-state index contributed by atoms with van der Waals surface area (Å²) < 4.78 is 6.46. The maximum absolute atomic E-state index is 11.3. The van der Waals surface area contributed by atoms with Crippen LogP contribution in [-0.2, 0) is 0 Å². The number of halogens is 1. The number of aromatic nitrogens is 1. The summed E-state index contributed by atoms with van der Waals surface area (Å²) in [6.07, 6.45) is 0. The summed E-state index contributed by atoms with van der Waals surface area (Å²) in [4.78, 5) is 15.4. The lowest BCUT2D eigenvalue weighted by atomic mass is 10.1. The van der Waals surface area contributed by atoms with Gasteiger partial charge in [0.15, 0.2) is 0 Å². The van der Waals surface area contributed by atoms with Crippen molar-refractivity contribution in [2.75, 3.05) is 0 Å². The SMILES string of the molecule is Cc1cc(Oc2ccccc2Br)c(C(=O)O)c(C)n1. The number of aromatic carboxylic acids is 1. The van der Waals surface area contributed by atoms with Gasteiger partial charge in [0.25, 0.3) is 0 Å². The molecule has 2 rings (SSSR count). The number of carboxylic acid groups (broad SMARTS) is 1. The van der Waals surface area contributed by atoms with Gasteiger partial charge < -0.3 is 9.84 Å². The van der Waals surface area contributed by atoms with Gasteiger partial charge in [-0.1, -0.05) is 12.1 Å². The number of carbonyl (C=O) groups is 1. The number of pyridine rings is 1. The molecule has 5 heteroatoms. The zero-order valence-electron chi connectivity index (χ0n) is 10.5. The molecule has 0 spiro atoms. The minimum absolute atomic E-state index is 0.0846. The predicted octanol–water partition coefficient (Wildman–Crippen LogP) is 3.95. The Balaban J connectivity index is 2.51. The largest absolute Gasteiger partial charge is 0.477 e. The molecule has 0 amide bonds. The average Bonchev–Trinajstić information content (AvgIpc) is 2.30. The van der Waals surface area contributed by atoms with E-state index in [-0.39, 0.29) is 5.56 Å². The molecule has 0 unspecified atom stereocenters. The van der Waals surface area contributed by atoms with Crippen molar-refractivity contribution >= 4 is 21.9 Å². The van der Waals surface area contributed by atoms with Crippen LogP contribution in [0.5, 0.6) is 11.5 Å². The van der Waals surface area contributed by atoms with Gasteiger partial charge in [0.2, 0.25) is 0 Å². The van der Waals surface area contributed by atoms with Crippen molar-refractivity contribution in [3.05, 3.63) is 51.8 Å². The third-order valence-corrected chi connectivity index (χ3v) is 3.22. The lowest BCUT2D eigenvalue weighted by Crippen LogP contribution is -2.06. The summed E-state index contributed by atoms with van der Waals surface area (Å²) in [5, 5.41) is 9.25. The van der Waals surface area contributed by atoms with E-state index in [1.165, 1.54) is 0 Å². The smallest absolute Gasteiger partial charge is 0.341 e. The van der Waals surface area contributed by atoms with Gasteiger partial charge in [-0.05, 0) is 41.9 Å². The number of benzene rings is 1. The number of aryl methyl sites for hydroxylation is 2. The van der Waals surface area contributed by atoms with Gasteiger partial charge >= 0.3 is 5.97 Å². The zero-order valence-corrected chi connectivity index (χ0v) is 12.1. The Morgan fingerprint density at radius 3 is 2.58 bits per heavy atom. The van der Waals surface area contributed by atoms with Crippen molar-refractivity contribution in [1.29, 1.82) is 0 Å². The number of para-hydroxylation sites is 1. The van der Waals surface area contributed by atoms with E-state index in [0.29, 0.717) is 22.9 Å². The maximum atomic E-state index is 11.3. The highest BCUT2D eigenvalue weighted by atomic mass is 79.9. The zero-order chi connectivity index (χ0) is 14.0. The van der Waals surface area contributed by atoms with E-state index in [4.69, 9.17) is 4.74 Å². The molecule has 0 fully saturated rings. The van der Waals surface area contributed by atoms with Crippen LogP contribution in [0.1, 0.15) is 21.7 Å². The minimum atomic E-state index is -1.05. The van der Waals surface area contributed by atoms with E-state index < -0.39 is 5.97 Å². The Kier molecular flexibility index (Phi) is 3.85. The fraction of sp³-hybridized carbons (Fsp3) is 0.143. The molecule has 1 N–H and O–H groups in total. The molecule has 4 nitrogen and oxygen atoms in total. The standard InChI is InChI=1S/C14H12BrNO3/c1-8-7-12(13(14(17)18)9(2)16-8)19-11-6-4-3-5-10(11)15/h3-7H,1-2H3,(H,17,18). The molecule has 2 aromatic rings. The van der Waals surface area contributed by atoms with Gasteiger partial charge in [0, 0.05) is 11.8 Å². The molecule has 0 saturated heterocycles. The van der Waals surface area contributed by atoms with Gasteiger partial charge in [-0.2, -0.15) is 0 Å². The van der Waals surface area contributed by atoms with Gasteiger partial charge in [-0.3, -0.25) is 4.98 Å². The summed E-state index contributed by atoms with van der Waals surface area (Å²) in [5.74, 6) is -0.188. The Hall–Kier alpha value is -1.88. The predicted molar refractivity (Wildman–Crippen MR) is 74.9 cm³/mol. The van der Waals surface area contributed by atoms with Gasteiger partial charge in [-0.25, -0.2) is 4.79 Å². The summed E-state index contributed by atoms with van der Waals surface area (Å²) in [5.41, 5.74) is 1.24. The molecule has 0 aliphatic heterocycles. The van der Waals surface area contributed by atoms with Crippen LogP contribution in [0.4, 0.5) is 0 Å². The maximum Gasteiger partial charge on any atom is 0.341 e. The van der Waals surface area contributed by atoms with Gasteiger partial charge in [0.1, 0.15) is 17.1 Å². The molecule has 19 heavy (non-hydrogen) atoms. The van der Waals surface area contributed by atoms with Gasteiger partial charge in [-0.15, -0.1) is 0 Å². The van der Waals surface area contributed by atoms with Crippen LogP contribution in [0.2, 0.25) is 0 Å². The van der Waals surface area contributed by atoms with Crippen LogP contribution in [0.25, 0.3) is 0 Å². The van der Waals surface area contributed by atoms with Crippen molar-refractivity contribution in [3.63, 3.8) is 0 Å². The number of ether oxygens (including phenoxy) is 1. The molecule has 1 heterocycles. The molecule has 98 valence electrons. The first kappa shape index (κ1) is 13.5. The van der Waals surface area contributed by atoms with Crippen LogP contribution >= 0.6 is 15.9 Å². The van der Waals surface area contributed by atoms with E-state index >= 15 is 0 Å². The second-order valence-corrected chi connectivity index (χ2v) is 4.91. The molecule has 0 bridgehead atoms. The summed E-state index contributed by atoms with van der Waals surface area (Å²) >= 11 is 3.36. The average molecular weight is 322 g/mol. The molecule has 0 atom stereocenters. The summed E-state index contributed by atoms with van der Waals surface area (Å²) in [6, 6.07) is 8.90. The Bertz CT molecular complexity index is 641. The van der Waals surface area contributed by atoms with Crippen molar-refractivity contribution in [2.24, 2.45) is 0 Å². The highest BCUT2D eigenvalue weighted by molar-refractivity contribution is 9.10. The van der Waals surface area contributed by atoms with Crippen molar-refractivity contribution in [1.82, 2.24) is 4.98 Å². The summed E-state index contributed by atoms with van der Waals surface area (Å²) in [6.45, 7) is 3.45. The quantitative estimate of drug-likeness (QED) is 0.929. The minimum Gasteiger partial charge on any atom is -0.477 e. The highest BCUT2D eigenvalue weighted by Gasteiger charge is 2.17. The fourth-order valence-corrected chi connectivity index (χ4v) is 2.15. The van der Waals surface area contributed by atoms with Gasteiger partial charge in [0.05, 0.1) is 10.2 Å². The van der Waals surface area contributed by atoms with Crippen molar-refractivity contribution in [3.8, 4) is 11.5 Å². The third-order valence-electron chi connectivity index (χ3n) is 2.56. The van der Waals surface area contributed by atoms with E-state index in [1.807, 2.05) is 18.2 Å². The third kappa shape index (κ3) is 2.93. The van der Waals surface area contributed by atoms with Crippen LogP contribution in [-0.4, -0.2) is 16.1 Å². The van der Waals surface area contributed by atoms with Crippen LogP contribution < -0.4 is 4.74 Å². The molecule has 0 aliphatic rings. The summed E-state index contributed by atoms with van der Waals surface area (Å²) in [7, 11) is 0. The molecule has 1 aromatic carbocycles. The molecular formula is C14H12BrNO3. The first-order chi connectivity index (χ1) is 8.99. The second-order valence-electron chi connectivity index (χ2n) is 4.06. The van der Waals surface area contributed by atoms with Crippen molar-refractivity contribution < 1.29 is 14.6 Å². The fourth-order valence-electron chi connectivity index (χ4n) is 1.78. The second kappa shape index (κ2) is 5.40. The Morgan fingerprint density at radius 1 is 1.26 bits per heavy atom. The van der Waals surface area contributed by atoms with Crippen molar-refractivity contribution in [2.45, 2.75) is 13.8 Å². The first-order valence-corrected chi connectivity index (χ1v) is 6.42. The van der Waals surface area contributed by atoms with Crippen LogP contribution in [0.3, 0.4) is 0 Å². The lowest BCUT2D eigenvalue weighted by Gasteiger charge is -2.12. The Labute approximate surface area is 119 Å². The molecular weight excluding hydrogens is 310 g/mol. The molecule has 0 saturated carbocycles. The number of carboxylic acids is 1. The number of nitrogens with zero attached hydrogens (tertiary/aromatic N) is 1. The van der Waals surface area contributed by atoms with E-state index in [0.717, 1.165) is 4.47 Å². The molecule has 1 aromatic heterocycles. The lowest BCUT2D eigenvalue weighted by molar-refractivity contribution is 0.0692. The van der Waals surface area contributed by atoms with E-state index in [9.17, 15) is 9.90 Å². The van der Waals surface area contributed by atoms with Crippen LogP contribution in [0, 0.1) is 13.8 Å². The molecule has 0 aliphatic carbocycles. The normalized spacial score (nSPS) is 10.3. The number of rotatable bonds is 3. The topological polar surface area (TPSA) is 59.4 Å². The number of hydrogen-bond acceptors (Lipinski definition) is 3. The van der Waals surface area contributed by atoms with E-state index in [2.05, 4.69) is 20.9 Å². The van der Waals surface area contributed by atoms with Crippen LogP contribution in [0.15, 0.2) is 34.8 Å². The Morgan fingerprint density at radius 2 is 1.95 bits per heavy atom. The van der Waals surface area contributed by atoms with E-state index in [1.54, 1.807) is 26.0 Å². The monoisotopic (exact) mass is 321 g/mol. The molecule has 0 radical (unpaired) electrons. The number of hydrogen-bond donors (Lipinski definition) is 1. The first-order valence-electron chi connectivity index (χ1n) is 5.63.